The van der Waals surface area contributed by atoms with Gasteiger partial charge in [0.05, 0.1) is 21.7 Å². The molecule has 1 rings (SSSR count). The second kappa shape index (κ2) is 5.18. The molecule has 17 heavy (non-hydrogen) atoms. The molecule has 0 unspecified atom stereocenters. The molecule has 1 aromatic rings. The Hall–Kier alpha value is -1.56. The van der Waals surface area contributed by atoms with Gasteiger partial charge < -0.3 is 14.9 Å². The van der Waals surface area contributed by atoms with E-state index in [-0.39, 0.29) is 17.2 Å². The van der Waals surface area contributed by atoms with Crippen LogP contribution in [0.2, 0.25) is 0 Å². The largest absolute Gasteiger partial charge is 0.490 e. The number of ether oxygens (including phenoxy) is 1. The van der Waals surface area contributed by atoms with Gasteiger partial charge >= 0.3 is 11.9 Å². The first kappa shape index (κ1) is 13.5. The molecule has 5 nitrogen and oxygen atoms in total. The van der Waals surface area contributed by atoms with Crippen LogP contribution in [0.3, 0.4) is 0 Å². The molecule has 0 spiro atoms. The first-order valence-corrected chi connectivity index (χ1v) is 5.59. The van der Waals surface area contributed by atoms with Crippen LogP contribution in [0.1, 0.15) is 34.6 Å². The maximum absolute atomic E-state index is 10.9. The standard InChI is InChI=1S/C11H11BrO5/c1-5(2)17-9-4-7(11(15)16)6(10(13)14)3-8(9)12/h3-5H,1-2H3,(H,13,14)(H,15,16). The zero-order valence-corrected chi connectivity index (χ0v) is 10.8. The summed E-state index contributed by atoms with van der Waals surface area (Å²) in [7, 11) is 0. The molecule has 1 aromatic carbocycles. The number of aromatic carboxylic acids is 2. The average molecular weight is 303 g/mol. The third kappa shape index (κ3) is 3.20. The quantitative estimate of drug-likeness (QED) is 0.893. The summed E-state index contributed by atoms with van der Waals surface area (Å²) in [6.07, 6.45) is -0.136. The highest BCUT2D eigenvalue weighted by Gasteiger charge is 2.19. The Morgan fingerprint density at radius 3 is 2.06 bits per heavy atom. The lowest BCUT2D eigenvalue weighted by molar-refractivity contribution is 0.0651. The van der Waals surface area contributed by atoms with Crippen LogP contribution in [0.15, 0.2) is 16.6 Å². The maximum atomic E-state index is 10.9. The van der Waals surface area contributed by atoms with Gasteiger partial charge in [-0.05, 0) is 41.9 Å². The molecule has 2 N–H and O–H groups in total. The van der Waals surface area contributed by atoms with E-state index in [9.17, 15) is 9.59 Å². The van der Waals surface area contributed by atoms with E-state index in [2.05, 4.69) is 15.9 Å². The van der Waals surface area contributed by atoms with Crippen molar-refractivity contribution in [3.05, 3.63) is 27.7 Å². The molecule has 0 heterocycles. The van der Waals surface area contributed by atoms with Crippen molar-refractivity contribution < 1.29 is 24.5 Å². The summed E-state index contributed by atoms with van der Waals surface area (Å²) in [4.78, 5) is 21.8. The highest BCUT2D eigenvalue weighted by molar-refractivity contribution is 9.10. The SMILES string of the molecule is CC(C)Oc1cc(C(=O)O)c(C(=O)O)cc1Br. The monoisotopic (exact) mass is 302 g/mol. The van der Waals surface area contributed by atoms with Gasteiger partial charge in [0.25, 0.3) is 0 Å². The number of rotatable bonds is 4. The average Bonchev–Trinajstić information content (AvgIpc) is 2.19. The minimum absolute atomic E-state index is 0.136. The molecule has 92 valence electrons. The molecule has 6 heteroatoms. The third-order valence-corrected chi connectivity index (χ3v) is 2.52. The summed E-state index contributed by atoms with van der Waals surface area (Å²) in [5.41, 5.74) is -0.572. The van der Waals surface area contributed by atoms with Crippen molar-refractivity contribution in [1.29, 1.82) is 0 Å². The Morgan fingerprint density at radius 2 is 1.65 bits per heavy atom. The number of benzene rings is 1. The lowest BCUT2D eigenvalue weighted by Gasteiger charge is -2.13. The Morgan fingerprint density at radius 1 is 1.18 bits per heavy atom. The van der Waals surface area contributed by atoms with E-state index in [1.807, 2.05) is 0 Å². The fourth-order valence-electron chi connectivity index (χ4n) is 1.25. The van der Waals surface area contributed by atoms with Crippen molar-refractivity contribution >= 4 is 27.9 Å². The third-order valence-electron chi connectivity index (χ3n) is 1.90. The summed E-state index contributed by atoms with van der Waals surface area (Å²) >= 11 is 3.15. The van der Waals surface area contributed by atoms with Crippen LogP contribution in [0.5, 0.6) is 5.75 Å². The normalized spacial score (nSPS) is 10.4. The van der Waals surface area contributed by atoms with Gasteiger partial charge in [0.1, 0.15) is 5.75 Å². The minimum atomic E-state index is -1.30. The Balaban J connectivity index is 3.34. The number of carboxylic acid groups (broad SMARTS) is 2. The molecular formula is C11H11BrO5. The zero-order chi connectivity index (χ0) is 13.2. The Labute approximate surface area is 106 Å². The minimum Gasteiger partial charge on any atom is -0.490 e. The van der Waals surface area contributed by atoms with E-state index in [0.717, 1.165) is 0 Å². The topological polar surface area (TPSA) is 83.8 Å². The van der Waals surface area contributed by atoms with Crippen LogP contribution in [0.4, 0.5) is 0 Å². The van der Waals surface area contributed by atoms with E-state index in [4.69, 9.17) is 14.9 Å². The molecule has 0 aliphatic rings. The van der Waals surface area contributed by atoms with Crippen molar-refractivity contribution in [1.82, 2.24) is 0 Å². The molecule has 0 radical (unpaired) electrons. The zero-order valence-electron chi connectivity index (χ0n) is 9.23. The highest BCUT2D eigenvalue weighted by Crippen LogP contribution is 2.29. The number of hydrogen-bond donors (Lipinski definition) is 2. The maximum Gasteiger partial charge on any atom is 0.336 e. The fourth-order valence-corrected chi connectivity index (χ4v) is 1.69. The van der Waals surface area contributed by atoms with Crippen LogP contribution in [-0.4, -0.2) is 28.3 Å². The van der Waals surface area contributed by atoms with E-state index >= 15 is 0 Å². The Bertz CT molecular complexity index is 467. The second-order valence-electron chi connectivity index (χ2n) is 3.61. The van der Waals surface area contributed by atoms with Crippen molar-refractivity contribution in [2.24, 2.45) is 0 Å². The van der Waals surface area contributed by atoms with Gasteiger partial charge in [-0.2, -0.15) is 0 Å². The summed E-state index contributed by atoms with van der Waals surface area (Å²) in [6.45, 7) is 3.58. The number of halogens is 1. The van der Waals surface area contributed by atoms with Crippen LogP contribution >= 0.6 is 15.9 Å². The first-order chi connectivity index (χ1) is 7.82. The van der Waals surface area contributed by atoms with Crippen molar-refractivity contribution in [2.45, 2.75) is 20.0 Å². The highest BCUT2D eigenvalue weighted by atomic mass is 79.9. The summed E-state index contributed by atoms with van der Waals surface area (Å²) in [5, 5.41) is 17.8. The van der Waals surface area contributed by atoms with Crippen LogP contribution in [0.25, 0.3) is 0 Å². The van der Waals surface area contributed by atoms with Crippen molar-refractivity contribution in [3.63, 3.8) is 0 Å². The Kier molecular flexibility index (Phi) is 4.11. The molecule has 0 fully saturated rings. The lowest BCUT2D eigenvalue weighted by atomic mass is 10.1. The van der Waals surface area contributed by atoms with E-state index in [1.165, 1.54) is 12.1 Å². The molecule has 0 bridgehead atoms. The first-order valence-electron chi connectivity index (χ1n) is 4.79. The summed E-state index contributed by atoms with van der Waals surface area (Å²) in [6, 6.07) is 2.43. The molecule has 0 aliphatic carbocycles. The van der Waals surface area contributed by atoms with E-state index < -0.39 is 11.9 Å². The summed E-state index contributed by atoms with van der Waals surface area (Å²) < 4.78 is 5.78. The summed E-state index contributed by atoms with van der Waals surface area (Å²) in [5.74, 6) is -2.29. The van der Waals surface area contributed by atoms with Crippen LogP contribution in [-0.2, 0) is 0 Å². The van der Waals surface area contributed by atoms with Gasteiger partial charge in [0, 0.05) is 0 Å². The van der Waals surface area contributed by atoms with Gasteiger partial charge in [-0.3, -0.25) is 0 Å². The molecule has 0 saturated heterocycles. The predicted octanol–water partition coefficient (Wildman–Crippen LogP) is 2.63. The molecule has 0 aromatic heterocycles. The van der Waals surface area contributed by atoms with Gasteiger partial charge in [0.2, 0.25) is 0 Å². The van der Waals surface area contributed by atoms with Gasteiger partial charge in [-0.1, -0.05) is 0 Å². The molecule has 0 amide bonds. The lowest BCUT2D eigenvalue weighted by Crippen LogP contribution is -2.11. The smallest absolute Gasteiger partial charge is 0.336 e. The number of hydrogen-bond acceptors (Lipinski definition) is 3. The van der Waals surface area contributed by atoms with E-state index in [1.54, 1.807) is 13.8 Å². The number of carbonyl (C=O) groups is 2. The molecule has 0 atom stereocenters. The van der Waals surface area contributed by atoms with E-state index in [0.29, 0.717) is 10.2 Å². The van der Waals surface area contributed by atoms with Crippen LogP contribution < -0.4 is 4.74 Å². The van der Waals surface area contributed by atoms with Gasteiger partial charge in [-0.15, -0.1) is 0 Å². The predicted molar refractivity (Wildman–Crippen MR) is 63.8 cm³/mol. The molecule has 0 aliphatic heterocycles. The van der Waals surface area contributed by atoms with Crippen LogP contribution in [0, 0.1) is 0 Å². The van der Waals surface area contributed by atoms with Gasteiger partial charge in [-0.25, -0.2) is 9.59 Å². The molecule has 0 saturated carbocycles. The fraction of sp³-hybridized carbons (Fsp3) is 0.273. The van der Waals surface area contributed by atoms with Crippen molar-refractivity contribution in [2.75, 3.05) is 0 Å². The second-order valence-corrected chi connectivity index (χ2v) is 4.46. The number of carboxylic acids is 2. The molecular weight excluding hydrogens is 292 g/mol. The van der Waals surface area contributed by atoms with Crippen molar-refractivity contribution in [3.8, 4) is 5.75 Å². The van der Waals surface area contributed by atoms with Gasteiger partial charge in [0.15, 0.2) is 0 Å².